The summed E-state index contributed by atoms with van der Waals surface area (Å²) in [4.78, 5) is 32.9. The van der Waals surface area contributed by atoms with E-state index in [0.29, 0.717) is 6.42 Å². The van der Waals surface area contributed by atoms with Crippen molar-refractivity contribution in [2.75, 3.05) is 6.61 Å². The highest BCUT2D eigenvalue weighted by atomic mass is 16.7. The van der Waals surface area contributed by atoms with Crippen LogP contribution in [0, 0.1) is 0 Å². The third kappa shape index (κ3) is 4.33. The van der Waals surface area contributed by atoms with Crippen LogP contribution in [0.15, 0.2) is 0 Å². The predicted octanol–water partition coefficient (Wildman–Crippen LogP) is 0.159. The highest BCUT2D eigenvalue weighted by Gasteiger charge is 2.41. The molecule has 0 N–H and O–H groups in total. The van der Waals surface area contributed by atoms with E-state index in [-0.39, 0.29) is 6.61 Å². The highest BCUT2D eigenvalue weighted by Crippen LogP contribution is 2.22. The van der Waals surface area contributed by atoms with Crippen molar-refractivity contribution < 1.29 is 33.3 Å². The summed E-state index contributed by atoms with van der Waals surface area (Å²) < 4.78 is 20.1. The number of rotatable bonds is 3. The monoisotopic (exact) mass is 260 g/mol. The van der Waals surface area contributed by atoms with Gasteiger partial charge in [0, 0.05) is 27.2 Å². The van der Waals surface area contributed by atoms with E-state index in [0.717, 1.165) is 0 Å². The summed E-state index contributed by atoms with van der Waals surface area (Å²) in [5.41, 5.74) is 0. The molecule has 0 spiro atoms. The van der Waals surface area contributed by atoms with Crippen LogP contribution < -0.4 is 0 Å². The summed E-state index contributed by atoms with van der Waals surface area (Å²) in [6, 6.07) is 0. The van der Waals surface area contributed by atoms with Crippen LogP contribution in [-0.4, -0.2) is 43.0 Å². The molecule has 1 saturated heterocycles. The van der Waals surface area contributed by atoms with Gasteiger partial charge < -0.3 is 18.9 Å². The second-order valence-corrected chi connectivity index (χ2v) is 3.86. The topological polar surface area (TPSA) is 88.1 Å². The van der Waals surface area contributed by atoms with Crippen LogP contribution in [0.2, 0.25) is 0 Å². The summed E-state index contributed by atoms with van der Waals surface area (Å²) in [5.74, 6) is -1.64. The Balaban J connectivity index is 2.78. The summed E-state index contributed by atoms with van der Waals surface area (Å²) in [6.07, 6.45) is -2.30. The van der Waals surface area contributed by atoms with Gasteiger partial charge in [0.2, 0.25) is 12.4 Å². The molecule has 0 radical (unpaired) electrons. The Bertz CT molecular complexity index is 314. The van der Waals surface area contributed by atoms with E-state index < -0.39 is 36.4 Å². The van der Waals surface area contributed by atoms with Gasteiger partial charge in [-0.2, -0.15) is 0 Å². The van der Waals surface area contributed by atoms with Crippen LogP contribution in [0.4, 0.5) is 0 Å². The lowest BCUT2D eigenvalue weighted by Gasteiger charge is -2.35. The van der Waals surface area contributed by atoms with Crippen molar-refractivity contribution in [2.24, 2.45) is 0 Å². The first-order valence-electron chi connectivity index (χ1n) is 5.53. The molecule has 0 aliphatic carbocycles. The van der Waals surface area contributed by atoms with Gasteiger partial charge in [-0.25, -0.2) is 0 Å². The van der Waals surface area contributed by atoms with Gasteiger partial charge in [-0.05, 0) is 0 Å². The number of carbonyl (C=O) groups is 3. The van der Waals surface area contributed by atoms with Gasteiger partial charge >= 0.3 is 17.9 Å². The van der Waals surface area contributed by atoms with Gasteiger partial charge in [-0.15, -0.1) is 0 Å². The summed E-state index contributed by atoms with van der Waals surface area (Å²) in [7, 11) is 0. The van der Waals surface area contributed by atoms with Gasteiger partial charge in [-0.1, -0.05) is 0 Å². The molecule has 1 fully saturated rings. The molecule has 1 heterocycles. The molecule has 1 rings (SSSR count). The zero-order chi connectivity index (χ0) is 13.7. The van der Waals surface area contributed by atoms with Crippen molar-refractivity contribution in [1.29, 1.82) is 0 Å². The Kier molecular flexibility index (Phi) is 5.08. The number of carbonyl (C=O) groups excluding carboxylic acids is 3. The lowest BCUT2D eigenvalue weighted by Crippen LogP contribution is -2.50. The maximum Gasteiger partial charge on any atom is 0.305 e. The highest BCUT2D eigenvalue weighted by molar-refractivity contribution is 5.68. The van der Waals surface area contributed by atoms with E-state index in [1.54, 1.807) is 0 Å². The first-order chi connectivity index (χ1) is 8.40. The smallest absolute Gasteiger partial charge is 0.305 e. The number of ether oxygens (including phenoxy) is 4. The van der Waals surface area contributed by atoms with Gasteiger partial charge in [0.25, 0.3) is 0 Å². The summed E-state index contributed by atoms with van der Waals surface area (Å²) in [5, 5.41) is 0. The van der Waals surface area contributed by atoms with Crippen molar-refractivity contribution in [2.45, 2.75) is 45.7 Å². The standard InChI is InChI=1S/C11H16O7/c1-6(12)16-9-4-5-15-11(18-8(3)14)10(9)17-7(2)13/h9-11H,4-5H2,1-3H3/t9-,10-,11+/m0/s1. The first kappa shape index (κ1) is 14.4. The molecule has 3 atom stereocenters. The summed E-state index contributed by atoms with van der Waals surface area (Å²) >= 11 is 0. The molecule has 18 heavy (non-hydrogen) atoms. The molecule has 0 saturated carbocycles. The molecule has 0 aromatic heterocycles. The number of esters is 3. The average molecular weight is 260 g/mol. The largest absolute Gasteiger partial charge is 0.458 e. The maximum atomic E-state index is 11.0. The fourth-order valence-corrected chi connectivity index (χ4v) is 1.66. The normalized spacial score (nSPS) is 27.2. The average Bonchev–Trinajstić information content (AvgIpc) is 2.20. The molecule has 1 aliphatic rings. The third-order valence-electron chi connectivity index (χ3n) is 2.22. The zero-order valence-corrected chi connectivity index (χ0v) is 10.5. The minimum Gasteiger partial charge on any atom is -0.458 e. The molecule has 0 aromatic carbocycles. The second-order valence-electron chi connectivity index (χ2n) is 3.86. The van der Waals surface area contributed by atoms with Crippen LogP contribution in [0.3, 0.4) is 0 Å². The van der Waals surface area contributed by atoms with E-state index in [2.05, 4.69) is 0 Å². The summed E-state index contributed by atoms with van der Waals surface area (Å²) in [6.45, 7) is 3.92. The molecule has 102 valence electrons. The van der Waals surface area contributed by atoms with E-state index in [1.807, 2.05) is 0 Å². The van der Waals surface area contributed by atoms with Crippen LogP contribution in [0.1, 0.15) is 27.2 Å². The van der Waals surface area contributed by atoms with Crippen LogP contribution in [-0.2, 0) is 33.3 Å². The van der Waals surface area contributed by atoms with Crippen molar-refractivity contribution in [1.82, 2.24) is 0 Å². The minimum atomic E-state index is -1.05. The van der Waals surface area contributed by atoms with Crippen LogP contribution in [0.5, 0.6) is 0 Å². The van der Waals surface area contributed by atoms with E-state index in [9.17, 15) is 14.4 Å². The van der Waals surface area contributed by atoms with E-state index >= 15 is 0 Å². The molecule has 0 amide bonds. The second kappa shape index (κ2) is 6.34. The van der Waals surface area contributed by atoms with Crippen molar-refractivity contribution >= 4 is 17.9 Å². The zero-order valence-electron chi connectivity index (χ0n) is 10.5. The number of hydrogen-bond acceptors (Lipinski definition) is 7. The fourth-order valence-electron chi connectivity index (χ4n) is 1.66. The van der Waals surface area contributed by atoms with E-state index in [4.69, 9.17) is 18.9 Å². The van der Waals surface area contributed by atoms with Gasteiger partial charge in [0.15, 0.2) is 0 Å². The molecule has 0 aromatic rings. The molecule has 1 aliphatic heterocycles. The van der Waals surface area contributed by atoms with Crippen molar-refractivity contribution in [3.8, 4) is 0 Å². The lowest BCUT2D eigenvalue weighted by molar-refractivity contribution is -0.248. The number of hydrogen-bond donors (Lipinski definition) is 0. The van der Waals surface area contributed by atoms with Crippen molar-refractivity contribution in [3.63, 3.8) is 0 Å². The Labute approximate surface area is 104 Å². The SMILES string of the molecule is CC(=O)O[C@H]1OCC[C@H](OC(C)=O)[C@@H]1OC(C)=O. The van der Waals surface area contributed by atoms with Crippen molar-refractivity contribution in [3.05, 3.63) is 0 Å². The molecule has 0 unspecified atom stereocenters. The van der Waals surface area contributed by atoms with Gasteiger partial charge in [0.1, 0.15) is 6.10 Å². The van der Waals surface area contributed by atoms with E-state index in [1.165, 1.54) is 20.8 Å². The minimum absolute atomic E-state index is 0.244. The predicted molar refractivity (Wildman–Crippen MR) is 57.2 cm³/mol. The quantitative estimate of drug-likeness (QED) is 0.527. The van der Waals surface area contributed by atoms with Crippen LogP contribution >= 0.6 is 0 Å². The molecular weight excluding hydrogens is 244 g/mol. The fraction of sp³-hybridized carbons (Fsp3) is 0.727. The van der Waals surface area contributed by atoms with Crippen LogP contribution in [0.25, 0.3) is 0 Å². The van der Waals surface area contributed by atoms with Gasteiger partial charge in [-0.3, -0.25) is 14.4 Å². The molecular formula is C11H16O7. The Morgan fingerprint density at radius 1 is 0.944 bits per heavy atom. The molecule has 0 bridgehead atoms. The first-order valence-corrected chi connectivity index (χ1v) is 5.53. The molecule has 7 nitrogen and oxygen atoms in total. The maximum absolute atomic E-state index is 11.0. The molecule has 7 heteroatoms. The Morgan fingerprint density at radius 2 is 1.50 bits per heavy atom. The lowest BCUT2D eigenvalue weighted by atomic mass is 10.1. The third-order valence-corrected chi connectivity index (χ3v) is 2.22. The Hall–Kier alpha value is -1.63. The van der Waals surface area contributed by atoms with Gasteiger partial charge in [0.05, 0.1) is 6.61 Å². The Morgan fingerprint density at radius 3 is 2.00 bits per heavy atom.